The van der Waals surface area contributed by atoms with Crippen molar-refractivity contribution in [3.63, 3.8) is 0 Å². The molecule has 0 N–H and O–H groups in total. The molecule has 0 saturated heterocycles. The Morgan fingerprint density at radius 2 is 0.926 bits per heavy atom. The zero-order valence-corrected chi connectivity index (χ0v) is 19.2. The Bertz CT molecular complexity index is 290. The Hall–Kier alpha value is -0.260. The number of rotatable bonds is 21. The van der Waals surface area contributed by atoms with Gasteiger partial charge in [-0.3, -0.25) is 0 Å². The van der Waals surface area contributed by atoms with Crippen LogP contribution in [-0.2, 0) is 0 Å². The summed E-state index contributed by atoms with van der Waals surface area (Å²) < 4.78 is 0. The fraction of sp³-hybridized carbons (Fsp3) is 0.852. The molecule has 0 saturated carbocycles. The van der Waals surface area contributed by atoms with Gasteiger partial charge in [0.05, 0.1) is 0 Å². The van der Waals surface area contributed by atoms with Crippen molar-refractivity contribution in [1.82, 2.24) is 0 Å². The second kappa shape index (κ2) is 22.0. The summed E-state index contributed by atoms with van der Waals surface area (Å²) in [4.78, 5) is 0. The van der Waals surface area contributed by atoms with Crippen molar-refractivity contribution in [2.24, 2.45) is 11.8 Å². The van der Waals surface area contributed by atoms with Crippen LogP contribution in [0.25, 0.3) is 0 Å². The van der Waals surface area contributed by atoms with E-state index in [9.17, 15) is 0 Å². The van der Waals surface area contributed by atoms with Gasteiger partial charge in [-0.15, -0.1) is 0 Å². The Morgan fingerprint density at radius 3 is 1.56 bits per heavy atom. The van der Waals surface area contributed by atoms with Crippen LogP contribution in [0.2, 0.25) is 0 Å². The van der Waals surface area contributed by atoms with Crippen molar-refractivity contribution >= 4 is 0 Å². The molecule has 0 nitrogen and oxygen atoms in total. The summed E-state index contributed by atoms with van der Waals surface area (Å²) in [6.45, 7) is 12.7. The third-order valence-electron chi connectivity index (χ3n) is 5.95. The summed E-state index contributed by atoms with van der Waals surface area (Å²) in [7, 11) is 0. The molecule has 0 bridgehead atoms. The van der Waals surface area contributed by atoms with E-state index in [-0.39, 0.29) is 0 Å². The number of hydrogen-bond acceptors (Lipinski definition) is 0. The molecule has 0 heterocycles. The van der Waals surface area contributed by atoms with Gasteiger partial charge < -0.3 is 0 Å². The van der Waals surface area contributed by atoms with Gasteiger partial charge in [-0.25, -0.2) is 0 Å². The standard InChI is InChI=1S/C27H52/c1-5-7-9-11-13-14-15-16-18-20-23-27(4)25-21-24-26(3)22-19-17-12-10-8-6-2/h16,18,26-27H,1-2,5-15,17,19-25H2,3-4H3. The summed E-state index contributed by atoms with van der Waals surface area (Å²) in [6, 6.07) is 0. The van der Waals surface area contributed by atoms with E-state index in [0.717, 1.165) is 24.7 Å². The zero-order chi connectivity index (χ0) is 20.0. The maximum absolute atomic E-state index is 3.92. The first-order valence-corrected chi connectivity index (χ1v) is 12.4. The van der Waals surface area contributed by atoms with Gasteiger partial charge in [0.1, 0.15) is 0 Å². The smallest absolute Gasteiger partial charge is 0.0348 e. The maximum Gasteiger partial charge on any atom is -0.0348 e. The van der Waals surface area contributed by atoms with E-state index in [1.807, 2.05) is 0 Å². The highest BCUT2D eigenvalue weighted by Crippen LogP contribution is 2.21. The number of allylic oxidation sites excluding steroid dienone is 2. The van der Waals surface area contributed by atoms with E-state index >= 15 is 0 Å². The highest BCUT2D eigenvalue weighted by Gasteiger charge is 2.05. The zero-order valence-electron chi connectivity index (χ0n) is 19.2. The van der Waals surface area contributed by atoms with Crippen LogP contribution in [0.15, 0.2) is 12.2 Å². The van der Waals surface area contributed by atoms with E-state index in [1.165, 1.54) is 109 Å². The largest absolute Gasteiger partial charge is 0.0885 e. The molecule has 0 fully saturated rings. The quantitative estimate of drug-likeness (QED) is 0.138. The minimum atomic E-state index is 0.896. The molecule has 0 aliphatic heterocycles. The van der Waals surface area contributed by atoms with E-state index < -0.39 is 0 Å². The van der Waals surface area contributed by atoms with Crippen LogP contribution in [0, 0.1) is 25.7 Å². The van der Waals surface area contributed by atoms with Crippen LogP contribution in [-0.4, -0.2) is 0 Å². The minimum Gasteiger partial charge on any atom is -0.0885 e. The van der Waals surface area contributed by atoms with Gasteiger partial charge in [0.25, 0.3) is 0 Å². The summed E-state index contributed by atoms with van der Waals surface area (Å²) in [6.07, 6.45) is 30.6. The van der Waals surface area contributed by atoms with Crippen molar-refractivity contribution in [3.05, 3.63) is 26.0 Å². The number of hydrogen-bond donors (Lipinski definition) is 0. The molecule has 0 aromatic carbocycles. The van der Waals surface area contributed by atoms with Gasteiger partial charge in [0.15, 0.2) is 0 Å². The molecule has 0 heteroatoms. The summed E-state index contributed by atoms with van der Waals surface area (Å²) in [5, 5.41) is 0. The van der Waals surface area contributed by atoms with Crippen LogP contribution in [0.4, 0.5) is 0 Å². The van der Waals surface area contributed by atoms with Crippen molar-refractivity contribution < 1.29 is 0 Å². The lowest BCUT2D eigenvalue weighted by atomic mass is 9.92. The van der Waals surface area contributed by atoms with Crippen molar-refractivity contribution in [1.29, 1.82) is 0 Å². The molecule has 0 aliphatic rings. The van der Waals surface area contributed by atoms with Gasteiger partial charge in [-0.1, -0.05) is 136 Å². The third-order valence-corrected chi connectivity index (χ3v) is 5.95. The fourth-order valence-corrected chi connectivity index (χ4v) is 3.89. The first kappa shape index (κ1) is 26.7. The lowest BCUT2D eigenvalue weighted by Crippen LogP contribution is -1.99. The Labute approximate surface area is 174 Å². The summed E-state index contributed by atoms with van der Waals surface area (Å²) in [5.74, 6) is 1.82. The van der Waals surface area contributed by atoms with Crippen molar-refractivity contribution in [3.8, 4) is 0 Å². The monoisotopic (exact) mass is 376 g/mol. The van der Waals surface area contributed by atoms with Crippen LogP contribution in [0.1, 0.15) is 136 Å². The highest BCUT2D eigenvalue weighted by atomic mass is 14.1. The highest BCUT2D eigenvalue weighted by molar-refractivity contribution is 4.82. The average molecular weight is 377 g/mol. The molecule has 2 unspecified atom stereocenters. The Balaban J connectivity index is 3.37. The van der Waals surface area contributed by atoms with Gasteiger partial charge in [-0.05, 0) is 37.5 Å². The Kier molecular flexibility index (Phi) is 21.8. The van der Waals surface area contributed by atoms with Gasteiger partial charge in [0.2, 0.25) is 0 Å². The van der Waals surface area contributed by atoms with Crippen molar-refractivity contribution in [2.45, 2.75) is 136 Å². The topological polar surface area (TPSA) is 0 Å². The van der Waals surface area contributed by atoms with E-state index in [2.05, 4.69) is 39.8 Å². The molecule has 0 amide bonds. The van der Waals surface area contributed by atoms with Crippen LogP contribution >= 0.6 is 0 Å². The predicted molar refractivity (Wildman–Crippen MR) is 126 cm³/mol. The minimum absolute atomic E-state index is 0.896. The molecule has 2 radical (unpaired) electrons. The second-order valence-corrected chi connectivity index (χ2v) is 9.01. The normalized spacial score (nSPS) is 14.1. The lowest BCUT2D eigenvalue weighted by molar-refractivity contribution is 0.401. The molecular formula is C27H52. The van der Waals surface area contributed by atoms with Crippen LogP contribution in [0.3, 0.4) is 0 Å². The van der Waals surface area contributed by atoms with E-state index in [4.69, 9.17) is 0 Å². The molecule has 0 aromatic rings. The molecule has 0 aromatic heterocycles. The second-order valence-electron chi connectivity index (χ2n) is 9.01. The molecule has 0 spiro atoms. The average Bonchev–Trinajstić information content (AvgIpc) is 2.66. The summed E-state index contributed by atoms with van der Waals surface area (Å²) >= 11 is 0. The SMILES string of the molecule is [CH2]CCCCCCCC=CCCC(C)CCCC(C)CCCCCCC[CH2]. The number of unbranched alkanes of at least 4 members (excludes halogenated alkanes) is 11. The molecule has 2 atom stereocenters. The van der Waals surface area contributed by atoms with Gasteiger partial charge in [-0.2, -0.15) is 0 Å². The first-order chi connectivity index (χ1) is 13.2. The molecule has 27 heavy (non-hydrogen) atoms. The van der Waals surface area contributed by atoms with Crippen LogP contribution in [0.5, 0.6) is 0 Å². The van der Waals surface area contributed by atoms with Gasteiger partial charge in [0, 0.05) is 0 Å². The maximum atomic E-state index is 3.92. The van der Waals surface area contributed by atoms with Crippen LogP contribution < -0.4 is 0 Å². The molecule has 0 rings (SSSR count). The van der Waals surface area contributed by atoms with Gasteiger partial charge >= 0.3 is 0 Å². The van der Waals surface area contributed by atoms with E-state index in [1.54, 1.807) is 0 Å². The fourth-order valence-electron chi connectivity index (χ4n) is 3.89. The third kappa shape index (κ3) is 21.9. The predicted octanol–water partition coefficient (Wildman–Crippen LogP) is 9.89. The molecule has 0 aliphatic carbocycles. The summed E-state index contributed by atoms with van der Waals surface area (Å²) in [5.41, 5.74) is 0. The van der Waals surface area contributed by atoms with Crippen molar-refractivity contribution in [2.75, 3.05) is 0 Å². The first-order valence-electron chi connectivity index (χ1n) is 12.4. The van der Waals surface area contributed by atoms with E-state index in [0.29, 0.717) is 0 Å². The lowest BCUT2D eigenvalue weighted by Gasteiger charge is -2.14. The Morgan fingerprint density at radius 1 is 0.481 bits per heavy atom. The molecular weight excluding hydrogens is 324 g/mol. The molecule has 160 valence electrons.